The first-order valence-electron chi connectivity index (χ1n) is 20.5. The normalized spacial score (nSPS) is 32.9. The van der Waals surface area contributed by atoms with Gasteiger partial charge in [0, 0.05) is 12.8 Å². The van der Waals surface area contributed by atoms with Gasteiger partial charge in [0.25, 0.3) is 0 Å². The number of fused-ring (bicyclic) bond motifs is 5. The van der Waals surface area contributed by atoms with Crippen molar-refractivity contribution in [1.82, 2.24) is 0 Å². The van der Waals surface area contributed by atoms with E-state index in [1.165, 1.54) is 83.5 Å². The molecule has 2 heteroatoms. The van der Waals surface area contributed by atoms with Crippen LogP contribution in [-0.2, 0) is 9.53 Å². The molecule has 4 rings (SSSR count). The van der Waals surface area contributed by atoms with E-state index >= 15 is 0 Å². The first-order chi connectivity index (χ1) is 22.7. The Morgan fingerprint density at radius 1 is 0.830 bits per heavy atom. The third kappa shape index (κ3) is 10.5. The van der Waals surface area contributed by atoms with E-state index in [1.807, 2.05) is 0 Å². The van der Waals surface area contributed by atoms with Gasteiger partial charge in [-0.15, -0.1) is 0 Å². The monoisotopic (exact) mass is 647 g/mol. The van der Waals surface area contributed by atoms with Crippen LogP contribution in [0.3, 0.4) is 0 Å². The van der Waals surface area contributed by atoms with Crippen molar-refractivity contribution in [2.75, 3.05) is 0 Å². The molecule has 0 heterocycles. The van der Waals surface area contributed by atoms with Crippen LogP contribution in [0.2, 0.25) is 0 Å². The lowest BCUT2D eigenvalue weighted by molar-refractivity contribution is -0.151. The van der Waals surface area contributed by atoms with Crippen molar-refractivity contribution in [2.24, 2.45) is 46.3 Å². The van der Waals surface area contributed by atoms with Crippen molar-refractivity contribution >= 4 is 5.97 Å². The van der Waals surface area contributed by atoms with Crippen LogP contribution in [0, 0.1) is 46.3 Å². The van der Waals surface area contributed by atoms with Crippen molar-refractivity contribution in [3.63, 3.8) is 0 Å². The minimum absolute atomic E-state index is 0.0236. The quantitative estimate of drug-likeness (QED) is 0.0793. The number of hydrogen-bond acceptors (Lipinski definition) is 2. The lowest BCUT2D eigenvalue weighted by Crippen LogP contribution is -2.51. The molecule has 4 aliphatic carbocycles. The van der Waals surface area contributed by atoms with E-state index in [-0.39, 0.29) is 12.1 Å². The first kappa shape index (κ1) is 38.2. The summed E-state index contributed by atoms with van der Waals surface area (Å²) in [5.74, 6) is 5.25. The number of hydrogen-bond donors (Lipinski definition) is 0. The highest BCUT2D eigenvalue weighted by Gasteiger charge is 2.59. The van der Waals surface area contributed by atoms with Gasteiger partial charge in [-0.25, -0.2) is 0 Å². The number of allylic oxidation sites excluding steroid dienone is 7. The maximum Gasteiger partial charge on any atom is 0.306 e. The van der Waals surface area contributed by atoms with Crippen LogP contribution < -0.4 is 0 Å². The summed E-state index contributed by atoms with van der Waals surface area (Å²) in [5, 5.41) is 0. The zero-order chi connectivity index (χ0) is 33.7. The van der Waals surface area contributed by atoms with Crippen molar-refractivity contribution in [2.45, 2.75) is 182 Å². The molecule has 0 aromatic rings. The highest BCUT2D eigenvalue weighted by Crippen LogP contribution is 2.67. The standard InChI is InChI=1S/C45H74O2/c1-7-8-9-10-11-12-13-14-15-16-17-18-19-20-21-25-43(46)47-38-30-32-44(5)37(34-38)26-27-39-41-29-28-40(36(4)24-22-23-35(2)3)45(41,6)33-31-42(39)44/h11-12,14-15,17-18,26,35-36,38-42H,7-10,13,16,19-25,27-34H2,1-6H3/b12-11-,15-14-,18-17-/t36-,38+,39?,40?,41?,42?,44+,45-/m1/s1. The van der Waals surface area contributed by atoms with Gasteiger partial charge >= 0.3 is 5.97 Å². The lowest BCUT2D eigenvalue weighted by Gasteiger charge is -2.58. The van der Waals surface area contributed by atoms with Crippen molar-refractivity contribution in [3.8, 4) is 0 Å². The summed E-state index contributed by atoms with van der Waals surface area (Å²) in [6.07, 6.45) is 41.7. The minimum atomic E-state index is 0.0236. The molecule has 3 fully saturated rings. The van der Waals surface area contributed by atoms with Gasteiger partial charge in [0.05, 0.1) is 0 Å². The van der Waals surface area contributed by atoms with E-state index in [2.05, 4.69) is 84.1 Å². The first-order valence-corrected chi connectivity index (χ1v) is 20.5. The Morgan fingerprint density at radius 2 is 1.53 bits per heavy atom. The molecule has 0 N–H and O–H groups in total. The fourth-order valence-electron chi connectivity index (χ4n) is 10.8. The zero-order valence-electron chi connectivity index (χ0n) is 31.7. The number of ether oxygens (including phenoxy) is 1. The van der Waals surface area contributed by atoms with Crippen molar-refractivity contribution < 1.29 is 9.53 Å². The van der Waals surface area contributed by atoms with Gasteiger partial charge in [-0.2, -0.15) is 0 Å². The molecule has 266 valence electrons. The molecule has 0 spiro atoms. The summed E-state index contributed by atoms with van der Waals surface area (Å²) in [5.41, 5.74) is 2.50. The van der Waals surface area contributed by atoms with E-state index in [4.69, 9.17) is 4.74 Å². The molecule has 0 amide bonds. The smallest absolute Gasteiger partial charge is 0.306 e. The Morgan fingerprint density at radius 3 is 2.23 bits per heavy atom. The summed E-state index contributed by atoms with van der Waals surface area (Å²) >= 11 is 0. The predicted octanol–water partition coefficient (Wildman–Crippen LogP) is 13.5. The second-order valence-electron chi connectivity index (χ2n) is 17.3. The van der Waals surface area contributed by atoms with Gasteiger partial charge < -0.3 is 4.74 Å². The fraction of sp³-hybridized carbons (Fsp3) is 0.800. The zero-order valence-corrected chi connectivity index (χ0v) is 31.7. The summed E-state index contributed by atoms with van der Waals surface area (Å²) in [6.45, 7) is 14.9. The Hall–Kier alpha value is -1.57. The number of carbonyl (C=O) groups excluding carboxylic acids is 1. The summed E-state index contributed by atoms with van der Waals surface area (Å²) in [6, 6.07) is 0. The molecular formula is C45H74O2. The Bertz CT molecular complexity index is 1060. The highest BCUT2D eigenvalue weighted by molar-refractivity contribution is 5.69. The molecule has 0 bridgehead atoms. The predicted molar refractivity (Wildman–Crippen MR) is 202 cm³/mol. The van der Waals surface area contributed by atoms with Gasteiger partial charge in [-0.1, -0.05) is 122 Å². The molecule has 3 saturated carbocycles. The number of esters is 1. The molecule has 4 unspecified atom stereocenters. The van der Waals surface area contributed by atoms with Crippen molar-refractivity contribution in [1.29, 1.82) is 0 Å². The molecular weight excluding hydrogens is 572 g/mol. The average Bonchev–Trinajstić information content (AvgIpc) is 3.40. The summed E-state index contributed by atoms with van der Waals surface area (Å²) in [4.78, 5) is 12.8. The van der Waals surface area contributed by atoms with E-state index in [9.17, 15) is 4.79 Å². The van der Waals surface area contributed by atoms with Crippen LogP contribution >= 0.6 is 0 Å². The van der Waals surface area contributed by atoms with Gasteiger partial charge in [-0.05, 0) is 136 Å². The van der Waals surface area contributed by atoms with E-state index in [0.29, 0.717) is 17.3 Å². The van der Waals surface area contributed by atoms with Crippen LogP contribution in [0.1, 0.15) is 176 Å². The molecule has 0 radical (unpaired) electrons. The highest BCUT2D eigenvalue weighted by atomic mass is 16.5. The molecule has 4 aliphatic rings. The molecule has 8 atom stereocenters. The van der Waals surface area contributed by atoms with Crippen LogP contribution in [0.25, 0.3) is 0 Å². The Labute approximate surface area is 291 Å². The molecule has 0 aromatic heterocycles. The number of rotatable bonds is 19. The van der Waals surface area contributed by atoms with Crippen LogP contribution in [-0.4, -0.2) is 12.1 Å². The summed E-state index contributed by atoms with van der Waals surface area (Å²) < 4.78 is 6.10. The van der Waals surface area contributed by atoms with Crippen LogP contribution in [0.5, 0.6) is 0 Å². The van der Waals surface area contributed by atoms with Crippen LogP contribution in [0.15, 0.2) is 48.1 Å². The van der Waals surface area contributed by atoms with E-state index in [1.54, 1.807) is 5.57 Å². The molecule has 0 aliphatic heterocycles. The van der Waals surface area contributed by atoms with Crippen molar-refractivity contribution in [3.05, 3.63) is 48.1 Å². The fourth-order valence-corrected chi connectivity index (χ4v) is 10.8. The maximum atomic E-state index is 12.8. The van der Waals surface area contributed by atoms with E-state index in [0.717, 1.165) is 80.5 Å². The Balaban J connectivity index is 1.15. The lowest BCUT2D eigenvalue weighted by atomic mass is 9.47. The largest absolute Gasteiger partial charge is 0.462 e. The van der Waals surface area contributed by atoms with Gasteiger partial charge in [0.2, 0.25) is 0 Å². The average molecular weight is 647 g/mol. The van der Waals surface area contributed by atoms with Gasteiger partial charge in [0.15, 0.2) is 0 Å². The molecule has 0 saturated heterocycles. The molecule has 47 heavy (non-hydrogen) atoms. The van der Waals surface area contributed by atoms with Crippen LogP contribution in [0.4, 0.5) is 0 Å². The molecule has 2 nitrogen and oxygen atoms in total. The van der Waals surface area contributed by atoms with E-state index < -0.39 is 0 Å². The number of carbonyl (C=O) groups is 1. The third-order valence-electron chi connectivity index (χ3n) is 13.6. The van der Waals surface area contributed by atoms with Gasteiger partial charge in [0.1, 0.15) is 6.10 Å². The summed E-state index contributed by atoms with van der Waals surface area (Å²) in [7, 11) is 0. The molecule has 0 aromatic carbocycles. The Kier molecular flexibility index (Phi) is 15.4. The topological polar surface area (TPSA) is 26.3 Å². The maximum absolute atomic E-state index is 12.8. The minimum Gasteiger partial charge on any atom is -0.462 e. The SMILES string of the molecule is CCCCC/C=C\C/C=C\C/C=C\CCCCC(=O)O[C@H]1CC[C@@]2(C)C(=CCC3C4CCC([C@H](C)CCCC(C)C)[C@@]4(C)CCC32)C1. The number of unbranched alkanes of at least 4 members (excludes halogenated alkanes) is 5. The second kappa shape index (κ2) is 19.0. The third-order valence-corrected chi connectivity index (χ3v) is 13.6. The second-order valence-corrected chi connectivity index (χ2v) is 17.3. The van der Waals surface area contributed by atoms with Gasteiger partial charge in [-0.3, -0.25) is 4.79 Å².